The van der Waals surface area contributed by atoms with E-state index < -0.39 is 12.0 Å². The molecule has 0 fully saturated rings. The van der Waals surface area contributed by atoms with E-state index in [1.807, 2.05) is 6.07 Å². The number of hydrogen-bond acceptors (Lipinski definition) is 3. The number of rotatable bonds is 4. The van der Waals surface area contributed by atoms with Crippen LogP contribution in [0, 0.1) is 0 Å². The van der Waals surface area contributed by atoms with Gasteiger partial charge >= 0.3 is 35.5 Å². The first-order valence-electron chi connectivity index (χ1n) is 5.77. The van der Waals surface area contributed by atoms with E-state index in [-0.39, 0.29) is 35.3 Å². The molecule has 2 aromatic carbocycles. The van der Waals surface area contributed by atoms with Crippen LogP contribution in [0.5, 0.6) is 0 Å². The van der Waals surface area contributed by atoms with Gasteiger partial charge in [-0.3, -0.25) is 9.59 Å². The summed E-state index contributed by atoms with van der Waals surface area (Å²) in [6.45, 7) is 0. The number of carboxylic acid groups (broad SMARTS) is 1. The molecule has 0 radical (unpaired) electrons. The Labute approximate surface area is 138 Å². The molecule has 2 aromatic rings. The molecule has 3 N–H and O–H groups in total. The van der Waals surface area contributed by atoms with Crippen LogP contribution < -0.4 is 5.73 Å². The fraction of sp³-hybridized carbons (Fsp3) is 0.0667. The van der Waals surface area contributed by atoms with Gasteiger partial charge in [-0.2, -0.15) is 0 Å². The zero-order valence-electron chi connectivity index (χ0n) is 10.1. The molecule has 0 spiro atoms. The summed E-state index contributed by atoms with van der Waals surface area (Å²) in [5.74, 6) is -1.27. The summed E-state index contributed by atoms with van der Waals surface area (Å²) in [7, 11) is 0. The van der Waals surface area contributed by atoms with Crippen LogP contribution in [0.15, 0.2) is 54.6 Å². The zero-order chi connectivity index (χ0) is 13.8. The van der Waals surface area contributed by atoms with Gasteiger partial charge in [0.2, 0.25) is 0 Å². The number of hydrogen-bond donors (Lipinski definition) is 2. The SMILES string of the molecule is NC(C(=O)O)c1cccc(C(=O)c2ccccc2)c1.[NaH]. The molecule has 4 nitrogen and oxygen atoms in total. The first-order chi connectivity index (χ1) is 9.09. The Bertz CT molecular complexity index is 614. The quantitative estimate of drug-likeness (QED) is 0.654. The van der Waals surface area contributed by atoms with Crippen molar-refractivity contribution < 1.29 is 14.7 Å². The Hall–Kier alpha value is -1.46. The van der Waals surface area contributed by atoms with E-state index in [1.165, 1.54) is 6.07 Å². The predicted molar refractivity (Wildman–Crippen MR) is 78.0 cm³/mol. The van der Waals surface area contributed by atoms with Crippen molar-refractivity contribution in [2.24, 2.45) is 5.73 Å². The normalized spacial score (nSPS) is 11.2. The average molecular weight is 279 g/mol. The van der Waals surface area contributed by atoms with Gasteiger partial charge in [-0.05, 0) is 11.6 Å². The van der Waals surface area contributed by atoms with Crippen LogP contribution in [0.4, 0.5) is 0 Å². The molecule has 0 aliphatic rings. The van der Waals surface area contributed by atoms with Crippen molar-refractivity contribution in [2.45, 2.75) is 6.04 Å². The third-order valence-electron chi connectivity index (χ3n) is 2.81. The maximum absolute atomic E-state index is 12.2. The molecule has 98 valence electrons. The van der Waals surface area contributed by atoms with Crippen LogP contribution in [0.25, 0.3) is 0 Å². The number of carboxylic acids is 1. The Morgan fingerprint density at radius 3 is 2.15 bits per heavy atom. The van der Waals surface area contributed by atoms with Crippen molar-refractivity contribution >= 4 is 41.3 Å². The molecule has 0 aromatic heterocycles. The summed E-state index contributed by atoms with van der Waals surface area (Å²) in [5, 5.41) is 8.87. The van der Waals surface area contributed by atoms with Crippen LogP contribution >= 0.6 is 0 Å². The number of ketones is 1. The molecule has 0 aliphatic heterocycles. The van der Waals surface area contributed by atoms with Gasteiger partial charge in [0, 0.05) is 11.1 Å². The van der Waals surface area contributed by atoms with Crippen molar-refractivity contribution in [3.05, 3.63) is 71.3 Å². The van der Waals surface area contributed by atoms with E-state index in [2.05, 4.69) is 0 Å². The summed E-state index contributed by atoms with van der Waals surface area (Å²) in [6.07, 6.45) is 0. The second-order valence-electron chi connectivity index (χ2n) is 4.14. The second kappa shape index (κ2) is 7.36. The molecule has 0 saturated carbocycles. The fourth-order valence-electron chi connectivity index (χ4n) is 1.77. The molecule has 0 bridgehead atoms. The number of carbonyl (C=O) groups excluding carboxylic acids is 1. The molecule has 0 amide bonds. The van der Waals surface area contributed by atoms with Gasteiger partial charge in [0.15, 0.2) is 5.78 Å². The van der Waals surface area contributed by atoms with Gasteiger partial charge in [-0.15, -0.1) is 0 Å². The van der Waals surface area contributed by atoms with Crippen LogP contribution in [0.3, 0.4) is 0 Å². The number of nitrogens with two attached hydrogens (primary N) is 1. The second-order valence-corrected chi connectivity index (χ2v) is 4.14. The van der Waals surface area contributed by atoms with Gasteiger partial charge in [0.25, 0.3) is 0 Å². The summed E-state index contributed by atoms with van der Waals surface area (Å²) >= 11 is 0. The van der Waals surface area contributed by atoms with Crippen molar-refractivity contribution in [1.82, 2.24) is 0 Å². The van der Waals surface area contributed by atoms with E-state index in [9.17, 15) is 9.59 Å². The van der Waals surface area contributed by atoms with E-state index in [0.29, 0.717) is 16.7 Å². The first-order valence-corrected chi connectivity index (χ1v) is 5.77. The standard InChI is InChI=1S/C15H13NO3.Na.H/c16-13(15(18)19)11-7-4-8-12(9-11)14(17)10-5-2-1-3-6-10;;/h1-9,13H,16H2,(H,18,19);;. The molecule has 0 saturated heterocycles. The Morgan fingerprint density at radius 2 is 1.55 bits per heavy atom. The van der Waals surface area contributed by atoms with Crippen LogP contribution in [0.1, 0.15) is 27.5 Å². The molecule has 2 rings (SSSR count). The van der Waals surface area contributed by atoms with Gasteiger partial charge in [-0.25, -0.2) is 0 Å². The first kappa shape index (κ1) is 16.6. The van der Waals surface area contributed by atoms with Crippen LogP contribution in [0.2, 0.25) is 0 Å². The zero-order valence-corrected chi connectivity index (χ0v) is 10.1. The summed E-state index contributed by atoms with van der Waals surface area (Å²) in [4.78, 5) is 23.0. The Kier molecular flexibility index (Phi) is 6.10. The fourth-order valence-corrected chi connectivity index (χ4v) is 1.77. The molecule has 1 unspecified atom stereocenters. The number of carbonyl (C=O) groups is 2. The van der Waals surface area contributed by atoms with Gasteiger partial charge in [0.05, 0.1) is 0 Å². The van der Waals surface area contributed by atoms with Crippen LogP contribution in [-0.4, -0.2) is 46.4 Å². The monoisotopic (exact) mass is 279 g/mol. The maximum atomic E-state index is 12.2. The third kappa shape index (κ3) is 3.77. The van der Waals surface area contributed by atoms with E-state index in [0.717, 1.165) is 0 Å². The van der Waals surface area contributed by atoms with Crippen molar-refractivity contribution in [3.63, 3.8) is 0 Å². The number of benzene rings is 2. The predicted octanol–water partition coefficient (Wildman–Crippen LogP) is 1.35. The molecule has 20 heavy (non-hydrogen) atoms. The minimum atomic E-state index is -1.12. The minimum absolute atomic E-state index is 0. The molecule has 0 aliphatic carbocycles. The van der Waals surface area contributed by atoms with Crippen molar-refractivity contribution in [3.8, 4) is 0 Å². The Balaban J connectivity index is 0.00000200. The average Bonchev–Trinajstić information content (AvgIpc) is 2.46. The van der Waals surface area contributed by atoms with Gasteiger partial charge in [-0.1, -0.05) is 48.5 Å². The summed E-state index contributed by atoms with van der Waals surface area (Å²) in [6, 6.07) is 14.1. The van der Waals surface area contributed by atoms with Crippen molar-refractivity contribution in [2.75, 3.05) is 0 Å². The number of aliphatic carboxylic acids is 1. The van der Waals surface area contributed by atoms with Crippen LogP contribution in [-0.2, 0) is 4.79 Å². The van der Waals surface area contributed by atoms with E-state index >= 15 is 0 Å². The van der Waals surface area contributed by atoms with E-state index in [4.69, 9.17) is 10.8 Å². The van der Waals surface area contributed by atoms with Gasteiger partial charge in [0.1, 0.15) is 6.04 Å². The van der Waals surface area contributed by atoms with E-state index in [1.54, 1.807) is 42.5 Å². The summed E-state index contributed by atoms with van der Waals surface area (Å²) in [5.41, 5.74) is 6.94. The molecule has 0 heterocycles. The molecular formula is C15H14NNaO3. The molecule has 1 atom stereocenters. The topological polar surface area (TPSA) is 80.4 Å². The summed E-state index contributed by atoms with van der Waals surface area (Å²) < 4.78 is 0. The van der Waals surface area contributed by atoms with Crippen molar-refractivity contribution in [1.29, 1.82) is 0 Å². The van der Waals surface area contributed by atoms with Gasteiger partial charge < -0.3 is 10.8 Å². The third-order valence-corrected chi connectivity index (χ3v) is 2.81. The molecular weight excluding hydrogens is 265 g/mol. The molecule has 5 heteroatoms. The Morgan fingerprint density at radius 1 is 0.950 bits per heavy atom.